The highest BCUT2D eigenvalue weighted by Crippen LogP contribution is 2.37. The minimum Gasteiger partial charge on any atom is -0.361 e. The van der Waals surface area contributed by atoms with Gasteiger partial charge in [-0.1, -0.05) is 21.9 Å². The Balaban J connectivity index is 1.86. The van der Waals surface area contributed by atoms with Crippen molar-refractivity contribution in [3.05, 3.63) is 41.9 Å². The highest BCUT2D eigenvalue weighted by Gasteiger charge is 2.21. The maximum atomic E-state index is 5.38. The highest BCUT2D eigenvalue weighted by molar-refractivity contribution is 8.13. The zero-order chi connectivity index (χ0) is 17.4. The van der Waals surface area contributed by atoms with Crippen molar-refractivity contribution in [2.45, 2.75) is 38.5 Å². The largest absolute Gasteiger partial charge is 0.361 e. The molecule has 0 amide bonds. The smallest absolute Gasteiger partial charge is 0.141 e. The Hall–Kier alpha value is -1.98. The zero-order valence-corrected chi connectivity index (χ0v) is 15.7. The van der Waals surface area contributed by atoms with Gasteiger partial charge in [0.1, 0.15) is 5.76 Å². The van der Waals surface area contributed by atoms with Crippen LogP contribution in [0.25, 0.3) is 22.0 Å². The normalized spacial score (nSPS) is 15.8. The van der Waals surface area contributed by atoms with Crippen molar-refractivity contribution in [1.82, 2.24) is 14.9 Å². The van der Waals surface area contributed by atoms with Crippen LogP contribution in [0.1, 0.15) is 31.2 Å². The number of benzene rings is 1. The van der Waals surface area contributed by atoms with Crippen LogP contribution in [0.3, 0.4) is 0 Å². The third-order valence-electron chi connectivity index (χ3n) is 4.70. The average molecular weight is 353 g/mol. The molecule has 0 saturated heterocycles. The average Bonchev–Trinajstić information content (AvgIpc) is 3.39. The number of fused-ring (bicyclic) bond motifs is 1. The number of rotatable bonds is 5. The lowest BCUT2D eigenvalue weighted by molar-refractivity contribution is 0.393. The summed E-state index contributed by atoms with van der Waals surface area (Å²) < 4.78 is 9.13. The molecule has 0 spiro atoms. The second-order valence-corrected chi connectivity index (χ2v) is 8.48. The van der Waals surface area contributed by atoms with Crippen molar-refractivity contribution in [3.8, 4) is 11.1 Å². The fourth-order valence-corrected chi connectivity index (χ4v) is 4.84. The van der Waals surface area contributed by atoms with E-state index in [1.165, 1.54) is 23.1 Å². The van der Waals surface area contributed by atoms with Gasteiger partial charge in [-0.3, -0.25) is 9.71 Å². The van der Waals surface area contributed by atoms with Gasteiger partial charge >= 0.3 is 0 Å². The molecular formula is C20H23N3OS. The van der Waals surface area contributed by atoms with Crippen LogP contribution in [0.5, 0.6) is 0 Å². The highest BCUT2D eigenvalue weighted by atomic mass is 32.2. The molecule has 1 aliphatic carbocycles. The first kappa shape index (κ1) is 16.5. The van der Waals surface area contributed by atoms with Crippen LogP contribution < -0.4 is 4.72 Å². The van der Waals surface area contributed by atoms with Gasteiger partial charge in [0.15, 0.2) is 0 Å². The van der Waals surface area contributed by atoms with Crippen LogP contribution in [0.2, 0.25) is 0 Å². The Morgan fingerprint density at radius 2 is 2.16 bits per heavy atom. The molecule has 130 valence electrons. The van der Waals surface area contributed by atoms with E-state index < -0.39 is 0 Å². The summed E-state index contributed by atoms with van der Waals surface area (Å²) in [6, 6.07) is 8.60. The Labute approximate surface area is 150 Å². The summed E-state index contributed by atoms with van der Waals surface area (Å²) in [7, 11) is -0.101. The molecule has 4 rings (SSSR count). The molecule has 1 atom stereocenters. The van der Waals surface area contributed by atoms with E-state index in [1.807, 2.05) is 26.1 Å². The number of aromatic nitrogens is 2. The number of nitrogens with one attached hydrogen (secondary N) is 1. The first-order chi connectivity index (χ1) is 12.2. The number of aryl methyl sites for hydroxylation is 2. The van der Waals surface area contributed by atoms with Gasteiger partial charge in [-0.25, -0.2) is 0 Å². The molecule has 2 aromatic heterocycles. The summed E-state index contributed by atoms with van der Waals surface area (Å²) in [6.07, 6.45) is 4.57. The van der Waals surface area contributed by atoms with E-state index >= 15 is 0 Å². The number of pyridine rings is 1. The lowest BCUT2D eigenvalue weighted by Crippen LogP contribution is -2.11. The van der Waals surface area contributed by atoms with E-state index in [0.717, 1.165) is 40.6 Å². The zero-order valence-electron chi connectivity index (χ0n) is 14.9. The molecule has 1 aromatic carbocycles. The fraction of sp³-hybridized carbons (Fsp3) is 0.350. The first-order valence-electron chi connectivity index (χ1n) is 8.75. The standard InChI is InChI=1S/C20H23N3OS/c1-4-25(22-12-15-7-8-15)19-11-16(20-13(2)23-24-14(20)3)10-18-17(19)6-5-9-21-18/h4-6,9-11,15,22H,7-8,12H2,1-3H3. The predicted octanol–water partition coefficient (Wildman–Crippen LogP) is 4.87. The molecule has 4 nitrogen and oxygen atoms in total. The first-order valence-corrected chi connectivity index (χ1v) is 10.0. The van der Waals surface area contributed by atoms with Crippen molar-refractivity contribution in [1.29, 1.82) is 0 Å². The molecular weight excluding hydrogens is 330 g/mol. The van der Waals surface area contributed by atoms with Crippen molar-refractivity contribution in [2.24, 2.45) is 5.92 Å². The number of nitrogens with zero attached hydrogens (tertiary/aromatic N) is 2. The summed E-state index contributed by atoms with van der Waals surface area (Å²) >= 11 is 0. The number of hydrogen-bond donors (Lipinski definition) is 1. The molecule has 0 bridgehead atoms. The van der Waals surface area contributed by atoms with Crippen molar-refractivity contribution in [3.63, 3.8) is 0 Å². The van der Waals surface area contributed by atoms with Crippen molar-refractivity contribution >= 4 is 26.9 Å². The summed E-state index contributed by atoms with van der Waals surface area (Å²) in [6.45, 7) is 7.18. The topological polar surface area (TPSA) is 51.0 Å². The third kappa shape index (κ3) is 3.26. The molecule has 1 fully saturated rings. The van der Waals surface area contributed by atoms with Gasteiger partial charge in [0.25, 0.3) is 0 Å². The van der Waals surface area contributed by atoms with Gasteiger partial charge < -0.3 is 4.52 Å². The van der Waals surface area contributed by atoms with E-state index in [0.29, 0.717) is 0 Å². The molecule has 0 aliphatic heterocycles. The van der Waals surface area contributed by atoms with E-state index in [4.69, 9.17) is 4.52 Å². The maximum Gasteiger partial charge on any atom is 0.141 e. The second kappa shape index (κ2) is 6.73. The summed E-state index contributed by atoms with van der Waals surface area (Å²) in [5.74, 6) is 1.70. The van der Waals surface area contributed by atoms with Crippen LogP contribution in [0.15, 0.2) is 39.9 Å². The Kier molecular flexibility index (Phi) is 4.44. The quantitative estimate of drug-likeness (QED) is 0.665. The van der Waals surface area contributed by atoms with E-state index in [-0.39, 0.29) is 10.7 Å². The van der Waals surface area contributed by atoms with Crippen LogP contribution in [-0.2, 0) is 0 Å². The van der Waals surface area contributed by atoms with Gasteiger partial charge in [-0.05, 0) is 68.7 Å². The van der Waals surface area contributed by atoms with Gasteiger partial charge in [0.05, 0.1) is 11.2 Å². The van der Waals surface area contributed by atoms with Gasteiger partial charge in [0, 0.05) is 28.6 Å². The fourth-order valence-electron chi connectivity index (χ4n) is 3.19. The summed E-state index contributed by atoms with van der Waals surface area (Å²) in [5.41, 5.74) is 4.15. The van der Waals surface area contributed by atoms with Gasteiger partial charge in [0.2, 0.25) is 0 Å². The molecule has 1 aliphatic rings. The molecule has 3 aromatic rings. The van der Waals surface area contributed by atoms with Crippen molar-refractivity contribution < 1.29 is 4.52 Å². The molecule has 25 heavy (non-hydrogen) atoms. The minimum atomic E-state index is -0.101. The van der Waals surface area contributed by atoms with Crippen LogP contribution in [0.4, 0.5) is 0 Å². The Bertz CT molecular complexity index is 937. The van der Waals surface area contributed by atoms with E-state index in [9.17, 15) is 0 Å². The SMILES string of the molecule is C/C=S(\NCC1CC1)c1cc(-c2c(C)noc2C)cc2ncccc12. The molecule has 5 heteroatoms. The Morgan fingerprint density at radius 3 is 2.84 bits per heavy atom. The van der Waals surface area contributed by atoms with Crippen LogP contribution >= 0.6 is 10.7 Å². The third-order valence-corrected chi connectivity index (χ3v) is 6.46. The van der Waals surface area contributed by atoms with E-state index in [2.05, 4.69) is 45.4 Å². The molecule has 0 radical (unpaired) electrons. The molecule has 1 saturated carbocycles. The van der Waals surface area contributed by atoms with Crippen molar-refractivity contribution in [2.75, 3.05) is 6.54 Å². The second-order valence-electron chi connectivity index (χ2n) is 6.61. The molecule has 1 N–H and O–H groups in total. The predicted molar refractivity (Wildman–Crippen MR) is 105 cm³/mol. The number of hydrogen-bond acceptors (Lipinski definition) is 4. The van der Waals surface area contributed by atoms with Gasteiger partial charge in [-0.2, -0.15) is 0 Å². The summed E-state index contributed by atoms with van der Waals surface area (Å²) in [5, 5.41) is 7.59. The van der Waals surface area contributed by atoms with E-state index in [1.54, 1.807) is 0 Å². The minimum absolute atomic E-state index is 0.101. The van der Waals surface area contributed by atoms with Crippen LogP contribution in [-0.4, -0.2) is 22.1 Å². The monoisotopic (exact) mass is 353 g/mol. The molecule has 2 heterocycles. The van der Waals surface area contributed by atoms with Crippen LogP contribution in [0, 0.1) is 19.8 Å². The summed E-state index contributed by atoms with van der Waals surface area (Å²) in [4.78, 5) is 5.90. The maximum absolute atomic E-state index is 5.38. The Morgan fingerprint density at radius 1 is 1.32 bits per heavy atom. The lowest BCUT2D eigenvalue weighted by atomic mass is 10.0. The van der Waals surface area contributed by atoms with Gasteiger partial charge in [-0.15, -0.1) is 0 Å². The molecule has 1 unspecified atom stereocenters. The lowest BCUT2D eigenvalue weighted by Gasteiger charge is -2.15.